The summed E-state index contributed by atoms with van der Waals surface area (Å²) in [4.78, 5) is 26.7. The molecule has 1 atom stereocenters. The number of piperidine rings is 1. The zero-order valence-electron chi connectivity index (χ0n) is 15.3. The number of carbonyl (C=O) groups excluding carboxylic acids is 2. The molecule has 0 bridgehead atoms. The topological polar surface area (TPSA) is 61.4 Å². The van der Waals surface area contributed by atoms with Crippen molar-refractivity contribution >= 4 is 33.6 Å². The Morgan fingerprint density at radius 3 is 2.33 bits per heavy atom. The van der Waals surface area contributed by atoms with Crippen LogP contribution in [0.3, 0.4) is 0 Å². The molecule has 2 N–H and O–H groups in total. The molecule has 0 radical (unpaired) electrons. The normalized spacial score (nSPS) is 15.9. The van der Waals surface area contributed by atoms with E-state index in [-0.39, 0.29) is 23.9 Å². The fourth-order valence-corrected chi connectivity index (χ4v) is 3.93. The van der Waals surface area contributed by atoms with Gasteiger partial charge in [0.05, 0.1) is 6.04 Å². The summed E-state index contributed by atoms with van der Waals surface area (Å²) in [6, 6.07) is 17.1. The molecule has 0 aromatic heterocycles. The Kier molecular flexibility index (Phi) is 6.50. The fourth-order valence-electron chi connectivity index (χ4n) is 3.30. The number of hydrogen-bond acceptors (Lipinski definition) is 2. The minimum absolute atomic E-state index is 0.0568. The lowest BCUT2D eigenvalue weighted by molar-refractivity contribution is -0.126. The molecule has 1 unspecified atom stereocenters. The van der Waals surface area contributed by atoms with Crippen molar-refractivity contribution in [3.05, 3.63) is 64.6 Å². The second-order valence-electron chi connectivity index (χ2n) is 6.81. The van der Waals surface area contributed by atoms with E-state index in [1.54, 1.807) is 4.90 Å². The Bertz CT molecular complexity index is 789. The van der Waals surface area contributed by atoms with Crippen molar-refractivity contribution in [2.24, 2.45) is 5.92 Å². The number of amides is 3. The van der Waals surface area contributed by atoms with E-state index < -0.39 is 0 Å². The van der Waals surface area contributed by atoms with Crippen molar-refractivity contribution in [3.63, 3.8) is 0 Å². The number of hydrogen-bond donors (Lipinski definition) is 2. The predicted molar refractivity (Wildman–Crippen MR) is 110 cm³/mol. The molecule has 0 saturated carbocycles. The van der Waals surface area contributed by atoms with Gasteiger partial charge in [-0.05, 0) is 43.5 Å². The van der Waals surface area contributed by atoms with Crippen LogP contribution in [0.1, 0.15) is 31.4 Å². The Morgan fingerprint density at radius 2 is 1.67 bits per heavy atom. The van der Waals surface area contributed by atoms with Gasteiger partial charge in [-0.25, -0.2) is 4.79 Å². The number of benzene rings is 2. The van der Waals surface area contributed by atoms with Crippen molar-refractivity contribution in [1.82, 2.24) is 10.2 Å². The van der Waals surface area contributed by atoms with Crippen molar-refractivity contribution in [3.8, 4) is 0 Å². The van der Waals surface area contributed by atoms with Crippen LogP contribution in [0.5, 0.6) is 0 Å². The number of urea groups is 1. The standard InChI is InChI=1S/C21H24BrN3O2/c1-15(18-9-5-6-10-19(18)22)23-20(26)16-11-13-25(14-12-16)21(27)24-17-7-3-2-4-8-17/h2-10,15-16H,11-14H2,1H3,(H,23,26)(H,24,27). The van der Waals surface area contributed by atoms with E-state index in [4.69, 9.17) is 0 Å². The Balaban J connectivity index is 1.49. The second kappa shape index (κ2) is 9.04. The quantitative estimate of drug-likeness (QED) is 0.747. The van der Waals surface area contributed by atoms with Gasteiger partial charge in [-0.1, -0.05) is 52.3 Å². The van der Waals surface area contributed by atoms with Crippen LogP contribution in [-0.4, -0.2) is 29.9 Å². The molecule has 1 aliphatic rings. The average Bonchev–Trinajstić information content (AvgIpc) is 2.69. The van der Waals surface area contributed by atoms with Crippen LogP contribution in [-0.2, 0) is 4.79 Å². The smallest absolute Gasteiger partial charge is 0.321 e. The second-order valence-corrected chi connectivity index (χ2v) is 7.66. The van der Waals surface area contributed by atoms with Gasteiger partial charge in [0, 0.05) is 29.2 Å². The number of halogens is 1. The van der Waals surface area contributed by atoms with Gasteiger partial charge in [-0.3, -0.25) is 4.79 Å². The molecule has 2 aromatic carbocycles. The molecular weight excluding hydrogens is 406 g/mol. The number of anilines is 1. The van der Waals surface area contributed by atoms with Crippen molar-refractivity contribution in [2.75, 3.05) is 18.4 Å². The first-order valence-electron chi connectivity index (χ1n) is 9.20. The van der Waals surface area contributed by atoms with Crippen molar-refractivity contribution in [1.29, 1.82) is 0 Å². The molecule has 27 heavy (non-hydrogen) atoms. The summed E-state index contributed by atoms with van der Waals surface area (Å²) in [6.07, 6.45) is 1.35. The summed E-state index contributed by atoms with van der Waals surface area (Å²) >= 11 is 3.53. The van der Waals surface area contributed by atoms with Gasteiger partial charge in [0.25, 0.3) is 0 Å². The van der Waals surface area contributed by atoms with Crippen molar-refractivity contribution in [2.45, 2.75) is 25.8 Å². The Morgan fingerprint density at radius 1 is 1.04 bits per heavy atom. The molecule has 1 aliphatic heterocycles. The summed E-state index contributed by atoms with van der Waals surface area (Å²) in [6.45, 7) is 3.15. The van der Waals surface area contributed by atoms with E-state index >= 15 is 0 Å². The molecule has 1 saturated heterocycles. The monoisotopic (exact) mass is 429 g/mol. The van der Waals surface area contributed by atoms with Crippen LogP contribution in [0.25, 0.3) is 0 Å². The molecule has 2 aromatic rings. The lowest BCUT2D eigenvalue weighted by Gasteiger charge is -2.32. The number of nitrogens with one attached hydrogen (secondary N) is 2. The van der Waals surface area contributed by atoms with Gasteiger partial charge in [0.15, 0.2) is 0 Å². The SMILES string of the molecule is CC(NC(=O)C1CCN(C(=O)Nc2ccccc2)CC1)c1ccccc1Br. The molecule has 0 spiro atoms. The number of rotatable bonds is 4. The molecule has 3 rings (SSSR count). The third kappa shape index (κ3) is 5.10. The number of nitrogens with zero attached hydrogens (tertiary/aromatic N) is 1. The molecule has 5 nitrogen and oxygen atoms in total. The van der Waals surface area contributed by atoms with E-state index in [1.165, 1.54) is 0 Å². The maximum absolute atomic E-state index is 12.6. The minimum Gasteiger partial charge on any atom is -0.349 e. The van der Waals surface area contributed by atoms with E-state index in [9.17, 15) is 9.59 Å². The van der Waals surface area contributed by atoms with Crippen LogP contribution >= 0.6 is 15.9 Å². The average molecular weight is 430 g/mol. The molecule has 0 aliphatic carbocycles. The van der Waals surface area contributed by atoms with Crippen LogP contribution in [0.15, 0.2) is 59.1 Å². The largest absolute Gasteiger partial charge is 0.349 e. The van der Waals surface area contributed by atoms with Crippen LogP contribution in [0.4, 0.5) is 10.5 Å². The first-order valence-corrected chi connectivity index (χ1v) is 9.99. The predicted octanol–water partition coefficient (Wildman–Crippen LogP) is 4.57. The third-order valence-electron chi connectivity index (χ3n) is 4.91. The molecule has 3 amide bonds. The summed E-state index contributed by atoms with van der Waals surface area (Å²) in [5.74, 6) is -0.00270. The highest BCUT2D eigenvalue weighted by Crippen LogP contribution is 2.24. The van der Waals surface area contributed by atoms with Crippen LogP contribution in [0, 0.1) is 5.92 Å². The highest BCUT2D eigenvalue weighted by Gasteiger charge is 2.28. The lowest BCUT2D eigenvalue weighted by Crippen LogP contribution is -2.44. The molecular formula is C21H24BrN3O2. The fraction of sp³-hybridized carbons (Fsp3) is 0.333. The summed E-state index contributed by atoms with van der Waals surface area (Å²) in [5.41, 5.74) is 1.84. The Labute approximate surface area is 168 Å². The number of carbonyl (C=O) groups is 2. The van der Waals surface area contributed by atoms with Gasteiger partial charge in [0.1, 0.15) is 0 Å². The zero-order chi connectivity index (χ0) is 19.2. The maximum Gasteiger partial charge on any atom is 0.321 e. The van der Waals surface area contributed by atoms with Gasteiger partial charge < -0.3 is 15.5 Å². The van der Waals surface area contributed by atoms with Crippen molar-refractivity contribution < 1.29 is 9.59 Å². The van der Waals surface area contributed by atoms with E-state index in [1.807, 2.05) is 61.5 Å². The van der Waals surface area contributed by atoms with Gasteiger partial charge >= 0.3 is 6.03 Å². The van der Waals surface area contributed by atoms with E-state index in [0.29, 0.717) is 25.9 Å². The summed E-state index contributed by atoms with van der Waals surface area (Å²) < 4.78 is 0.991. The summed E-state index contributed by atoms with van der Waals surface area (Å²) in [5, 5.41) is 6.00. The number of para-hydroxylation sites is 1. The highest BCUT2D eigenvalue weighted by molar-refractivity contribution is 9.10. The van der Waals surface area contributed by atoms with Gasteiger partial charge in [-0.15, -0.1) is 0 Å². The van der Waals surface area contributed by atoms with E-state index in [2.05, 4.69) is 26.6 Å². The minimum atomic E-state index is -0.110. The van der Waals surface area contributed by atoms with Gasteiger partial charge in [0.2, 0.25) is 5.91 Å². The number of likely N-dealkylation sites (tertiary alicyclic amines) is 1. The molecule has 1 fully saturated rings. The van der Waals surface area contributed by atoms with E-state index in [0.717, 1.165) is 15.7 Å². The molecule has 1 heterocycles. The van der Waals surface area contributed by atoms with Crippen LogP contribution < -0.4 is 10.6 Å². The zero-order valence-corrected chi connectivity index (χ0v) is 16.9. The molecule has 6 heteroatoms. The third-order valence-corrected chi connectivity index (χ3v) is 5.63. The van der Waals surface area contributed by atoms with Gasteiger partial charge in [-0.2, -0.15) is 0 Å². The first-order chi connectivity index (χ1) is 13.0. The summed E-state index contributed by atoms with van der Waals surface area (Å²) in [7, 11) is 0. The maximum atomic E-state index is 12.6. The Hall–Kier alpha value is -2.34. The lowest BCUT2D eigenvalue weighted by atomic mass is 9.95. The van der Waals surface area contributed by atoms with Crippen LogP contribution in [0.2, 0.25) is 0 Å². The first kappa shape index (κ1) is 19.4. The highest BCUT2D eigenvalue weighted by atomic mass is 79.9. The molecule has 142 valence electrons.